The molecule has 9 rings (SSSR count). The van der Waals surface area contributed by atoms with Crippen LogP contribution in [0, 0.1) is 0 Å². The van der Waals surface area contributed by atoms with E-state index in [4.69, 9.17) is 4.42 Å². The van der Waals surface area contributed by atoms with Gasteiger partial charge in [-0.25, -0.2) is 0 Å². The average molecular weight is 515 g/mol. The van der Waals surface area contributed by atoms with Crippen LogP contribution >= 0.6 is 0 Å². The lowest BCUT2D eigenvalue weighted by atomic mass is 9.87. The first kappa shape index (κ1) is 21.9. The van der Waals surface area contributed by atoms with Crippen molar-refractivity contribution in [2.75, 3.05) is 4.90 Å². The Bertz CT molecular complexity index is 2130. The number of anilines is 2. The lowest BCUT2D eigenvalue weighted by Crippen LogP contribution is -2.34. The van der Waals surface area contributed by atoms with E-state index in [2.05, 4.69) is 137 Å². The molecule has 3 nitrogen and oxygen atoms in total. The van der Waals surface area contributed by atoms with Gasteiger partial charge in [0.2, 0.25) is 0 Å². The molecule has 40 heavy (non-hydrogen) atoms. The SMILES string of the molecule is C1=Cc2oc3cc4c5ccccc5n(-c5cccc(N6c7ccccc7C6c6ccccc6)c5)c4cc3c2CC1. The van der Waals surface area contributed by atoms with E-state index in [1.807, 2.05) is 0 Å². The van der Waals surface area contributed by atoms with E-state index in [9.17, 15) is 0 Å². The maximum absolute atomic E-state index is 6.32. The van der Waals surface area contributed by atoms with Crippen molar-refractivity contribution in [2.24, 2.45) is 0 Å². The molecule has 0 fully saturated rings. The minimum absolute atomic E-state index is 0.205. The molecule has 190 valence electrons. The normalized spacial score (nSPS) is 15.9. The first-order valence-electron chi connectivity index (χ1n) is 14.0. The van der Waals surface area contributed by atoms with Gasteiger partial charge in [0, 0.05) is 44.3 Å². The number of hydrogen-bond donors (Lipinski definition) is 0. The Kier molecular flexibility index (Phi) is 4.50. The summed E-state index contributed by atoms with van der Waals surface area (Å²) in [7, 11) is 0. The van der Waals surface area contributed by atoms with Gasteiger partial charge in [0.25, 0.3) is 0 Å². The second kappa shape index (κ2) is 8.24. The van der Waals surface area contributed by atoms with Gasteiger partial charge in [0.15, 0.2) is 0 Å². The molecule has 0 saturated carbocycles. The maximum Gasteiger partial charge on any atom is 0.135 e. The van der Waals surface area contributed by atoms with Gasteiger partial charge < -0.3 is 13.9 Å². The van der Waals surface area contributed by atoms with E-state index in [-0.39, 0.29) is 6.04 Å². The molecule has 1 unspecified atom stereocenters. The molecule has 5 aromatic carbocycles. The molecule has 0 radical (unpaired) electrons. The van der Waals surface area contributed by atoms with Crippen LogP contribution in [0.4, 0.5) is 11.4 Å². The van der Waals surface area contributed by atoms with E-state index < -0.39 is 0 Å². The Hall–Kier alpha value is -5.02. The van der Waals surface area contributed by atoms with Crippen LogP contribution in [0.3, 0.4) is 0 Å². The van der Waals surface area contributed by atoms with Crippen LogP contribution in [0.5, 0.6) is 0 Å². The topological polar surface area (TPSA) is 21.3 Å². The molecule has 1 atom stereocenters. The molecule has 7 aromatic rings. The molecule has 1 aliphatic heterocycles. The van der Waals surface area contributed by atoms with Crippen molar-refractivity contribution in [1.29, 1.82) is 0 Å². The van der Waals surface area contributed by atoms with Crippen LogP contribution in [-0.2, 0) is 6.42 Å². The lowest BCUT2D eigenvalue weighted by Gasteiger charge is -2.45. The van der Waals surface area contributed by atoms with Crippen molar-refractivity contribution in [1.82, 2.24) is 4.57 Å². The lowest BCUT2D eigenvalue weighted by molar-refractivity contribution is 0.596. The molecule has 3 heterocycles. The zero-order valence-corrected chi connectivity index (χ0v) is 21.9. The number of rotatable bonds is 3. The van der Waals surface area contributed by atoms with Gasteiger partial charge in [-0.15, -0.1) is 0 Å². The number of benzene rings is 5. The molecule has 0 amide bonds. The van der Waals surface area contributed by atoms with Gasteiger partial charge in [0.05, 0.1) is 17.1 Å². The zero-order chi connectivity index (χ0) is 26.2. The Labute approximate surface area is 232 Å². The highest BCUT2D eigenvalue weighted by Crippen LogP contribution is 2.51. The van der Waals surface area contributed by atoms with Crippen LogP contribution in [0.1, 0.15) is 34.9 Å². The van der Waals surface area contributed by atoms with Crippen molar-refractivity contribution in [3.05, 3.63) is 144 Å². The highest BCUT2D eigenvalue weighted by molar-refractivity contribution is 6.13. The molecule has 0 saturated heterocycles. The fourth-order valence-electron chi connectivity index (χ4n) is 6.90. The summed E-state index contributed by atoms with van der Waals surface area (Å²) in [6, 6.07) is 42.1. The van der Waals surface area contributed by atoms with E-state index in [1.165, 1.54) is 55.3 Å². The Morgan fingerprint density at radius 3 is 2.42 bits per heavy atom. The molecule has 2 aromatic heterocycles. The number of allylic oxidation sites excluding steroid dienone is 1. The molecular formula is C37H26N2O. The van der Waals surface area contributed by atoms with Gasteiger partial charge >= 0.3 is 0 Å². The van der Waals surface area contributed by atoms with Crippen molar-refractivity contribution >= 4 is 50.2 Å². The Morgan fingerprint density at radius 1 is 0.650 bits per heavy atom. The Morgan fingerprint density at radius 2 is 1.48 bits per heavy atom. The number of fused-ring (bicyclic) bond motifs is 7. The number of aryl methyl sites for hydroxylation is 1. The van der Waals surface area contributed by atoms with Crippen molar-refractivity contribution in [3.63, 3.8) is 0 Å². The van der Waals surface area contributed by atoms with Crippen LogP contribution in [0.15, 0.2) is 126 Å². The third-order valence-electron chi connectivity index (χ3n) is 8.68. The second-order valence-corrected chi connectivity index (χ2v) is 10.9. The van der Waals surface area contributed by atoms with Gasteiger partial charge in [-0.1, -0.05) is 78.9 Å². The first-order chi connectivity index (χ1) is 19.8. The zero-order valence-electron chi connectivity index (χ0n) is 21.9. The summed E-state index contributed by atoms with van der Waals surface area (Å²) in [5, 5.41) is 3.69. The monoisotopic (exact) mass is 514 g/mol. The predicted octanol–water partition coefficient (Wildman–Crippen LogP) is 9.73. The minimum Gasteiger partial charge on any atom is -0.456 e. The van der Waals surface area contributed by atoms with Gasteiger partial charge in [0.1, 0.15) is 11.3 Å². The molecule has 1 aliphatic carbocycles. The third kappa shape index (κ3) is 3.00. The second-order valence-electron chi connectivity index (χ2n) is 10.9. The minimum atomic E-state index is 0.205. The smallest absolute Gasteiger partial charge is 0.135 e. The number of para-hydroxylation sites is 2. The van der Waals surface area contributed by atoms with Crippen molar-refractivity contribution in [3.8, 4) is 5.69 Å². The van der Waals surface area contributed by atoms with Crippen LogP contribution in [-0.4, -0.2) is 4.57 Å². The molecule has 0 N–H and O–H groups in total. The van der Waals surface area contributed by atoms with Crippen LogP contribution in [0.25, 0.3) is 44.5 Å². The van der Waals surface area contributed by atoms with Crippen LogP contribution in [0.2, 0.25) is 0 Å². The molecule has 2 aliphatic rings. The summed E-state index contributed by atoms with van der Waals surface area (Å²) < 4.78 is 8.75. The Balaban J connectivity index is 1.26. The predicted molar refractivity (Wildman–Crippen MR) is 165 cm³/mol. The molecular weight excluding hydrogens is 488 g/mol. The summed E-state index contributed by atoms with van der Waals surface area (Å²) in [6.07, 6.45) is 6.43. The van der Waals surface area contributed by atoms with Gasteiger partial charge in [-0.3, -0.25) is 0 Å². The summed E-state index contributed by atoms with van der Waals surface area (Å²) in [5.41, 5.74) is 11.0. The standard InChI is InChI=1S/C37H26N2O/c1-2-11-24(12-3-1)37-29-17-5-8-19-33(29)39(37)26-14-10-13-25(21-26)38-32-18-7-4-15-27(32)30-23-36-31(22-34(30)38)28-16-6-9-20-35(28)40-36/h1-5,7-15,17-23,37H,6,16H2. The van der Waals surface area contributed by atoms with Gasteiger partial charge in [-0.2, -0.15) is 0 Å². The molecule has 0 bridgehead atoms. The van der Waals surface area contributed by atoms with E-state index >= 15 is 0 Å². The summed E-state index contributed by atoms with van der Waals surface area (Å²) in [6.45, 7) is 0. The van der Waals surface area contributed by atoms with Crippen LogP contribution < -0.4 is 4.90 Å². The average Bonchev–Trinajstić information content (AvgIpc) is 3.52. The summed E-state index contributed by atoms with van der Waals surface area (Å²) in [5.74, 6) is 1.01. The van der Waals surface area contributed by atoms with Gasteiger partial charge in [-0.05, 0) is 66.9 Å². The van der Waals surface area contributed by atoms with E-state index in [0.29, 0.717) is 0 Å². The van der Waals surface area contributed by atoms with Crippen molar-refractivity contribution in [2.45, 2.75) is 18.9 Å². The highest BCUT2D eigenvalue weighted by Gasteiger charge is 2.36. The fourth-order valence-corrected chi connectivity index (χ4v) is 6.90. The summed E-state index contributed by atoms with van der Waals surface area (Å²) >= 11 is 0. The number of nitrogens with zero attached hydrogens (tertiary/aromatic N) is 2. The number of hydrogen-bond acceptors (Lipinski definition) is 2. The summed E-state index contributed by atoms with van der Waals surface area (Å²) in [4.78, 5) is 2.47. The van der Waals surface area contributed by atoms with E-state index in [1.54, 1.807) is 0 Å². The van der Waals surface area contributed by atoms with Crippen molar-refractivity contribution < 1.29 is 4.42 Å². The first-order valence-corrected chi connectivity index (χ1v) is 14.0. The number of furan rings is 1. The third-order valence-corrected chi connectivity index (χ3v) is 8.68. The molecule has 3 heteroatoms. The quantitative estimate of drug-likeness (QED) is 0.234. The fraction of sp³-hybridized carbons (Fsp3) is 0.0811. The van der Waals surface area contributed by atoms with E-state index in [0.717, 1.165) is 29.9 Å². The maximum atomic E-state index is 6.32. The number of aromatic nitrogens is 1. The molecule has 0 spiro atoms. The highest BCUT2D eigenvalue weighted by atomic mass is 16.3. The largest absolute Gasteiger partial charge is 0.456 e.